The molecule has 1 N–H and O–H groups in total. The van der Waals surface area contributed by atoms with Gasteiger partial charge in [-0.1, -0.05) is 76.2 Å². The SMILES string of the molecule is COc1ccc(NC(=Nc2c(C(C)C)cccc2C(C)C)c2ccccc2)cc1. The van der Waals surface area contributed by atoms with Crippen LogP contribution in [0.4, 0.5) is 11.4 Å². The zero-order valence-electron chi connectivity index (χ0n) is 17.9. The molecule has 3 aromatic rings. The van der Waals surface area contributed by atoms with E-state index in [0.717, 1.165) is 28.5 Å². The van der Waals surface area contributed by atoms with Crippen molar-refractivity contribution < 1.29 is 4.74 Å². The molecule has 0 amide bonds. The lowest BCUT2D eigenvalue weighted by Gasteiger charge is -2.18. The molecule has 0 aromatic heterocycles. The average Bonchev–Trinajstić information content (AvgIpc) is 2.74. The van der Waals surface area contributed by atoms with Crippen LogP contribution in [0.3, 0.4) is 0 Å². The zero-order valence-corrected chi connectivity index (χ0v) is 17.9. The monoisotopic (exact) mass is 386 g/mol. The molecule has 3 rings (SSSR count). The van der Waals surface area contributed by atoms with Gasteiger partial charge in [-0.15, -0.1) is 0 Å². The summed E-state index contributed by atoms with van der Waals surface area (Å²) in [4.78, 5) is 5.18. The standard InChI is InChI=1S/C26H30N2O/c1-18(2)23-12-9-13-24(19(3)4)25(23)28-26(20-10-7-6-8-11-20)27-21-14-16-22(29-5)17-15-21/h6-19H,1-5H3,(H,27,28). The number of nitrogens with zero attached hydrogens (tertiary/aromatic N) is 1. The molecule has 0 aliphatic carbocycles. The number of ether oxygens (including phenoxy) is 1. The Morgan fingerprint density at radius 3 is 1.86 bits per heavy atom. The summed E-state index contributed by atoms with van der Waals surface area (Å²) < 4.78 is 5.28. The molecule has 3 heteroatoms. The summed E-state index contributed by atoms with van der Waals surface area (Å²) in [5.41, 5.74) is 5.62. The van der Waals surface area contributed by atoms with E-state index in [2.05, 4.69) is 63.3 Å². The maximum atomic E-state index is 5.28. The van der Waals surface area contributed by atoms with Gasteiger partial charge in [-0.05, 0) is 47.2 Å². The number of amidine groups is 1. The molecule has 29 heavy (non-hydrogen) atoms. The van der Waals surface area contributed by atoms with Gasteiger partial charge < -0.3 is 10.1 Å². The van der Waals surface area contributed by atoms with Crippen molar-refractivity contribution in [3.8, 4) is 5.75 Å². The van der Waals surface area contributed by atoms with Crippen LogP contribution in [-0.2, 0) is 0 Å². The van der Waals surface area contributed by atoms with Crippen LogP contribution in [0.2, 0.25) is 0 Å². The zero-order chi connectivity index (χ0) is 20.8. The van der Waals surface area contributed by atoms with Crippen LogP contribution >= 0.6 is 0 Å². The molecule has 3 aromatic carbocycles. The van der Waals surface area contributed by atoms with Crippen molar-refractivity contribution in [2.24, 2.45) is 4.99 Å². The first-order chi connectivity index (χ1) is 14.0. The Morgan fingerprint density at radius 1 is 0.759 bits per heavy atom. The Labute approximate surface area is 174 Å². The molecular formula is C26H30N2O. The van der Waals surface area contributed by atoms with Crippen LogP contribution in [0.25, 0.3) is 0 Å². The van der Waals surface area contributed by atoms with Crippen LogP contribution in [-0.4, -0.2) is 12.9 Å². The van der Waals surface area contributed by atoms with Crippen molar-refractivity contribution in [3.05, 3.63) is 89.5 Å². The van der Waals surface area contributed by atoms with Crippen molar-refractivity contribution in [1.82, 2.24) is 0 Å². The predicted molar refractivity (Wildman–Crippen MR) is 124 cm³/mol. The second-order valence-electron chi connectivity index (χ2n) is 7.77. The van der Waals surface area contributed by atoms with Gasteiger partial charge in [0, 0.05) is 11.3 Å². The minimum Gasteiger partial charge on any atom is -0.497 e. The summed E-state index contributed by atoms with van der Waals surface area (Å²) >= 11 is 0. The second kappa shape index (κ2) is 9.42. The van der Waals surface area contributed by atoms with Crippen LogP contribution in [0.15, 0.2) is 77.8 Å². The van der Waals surface area contributed by atoms with Gasteiger partial charge in [-0.25, -0.2) is 4.99 Å². The van der Waals surface area contributed by atoms with E-state index in [0.29, 0.717) is 11.8 Å². The molecule has 0 saturated heterocycles. The lowest BCUT2D eigenvalue weighted by atomic mass is 9.93. The third-order valence-corrected chi connectivity index (χ3v) is 4.97. The number of nitrogens with one attached hydrogen (secondary N) is 1. The van der Waals surface area contributed by atoms with Crippen molar-refractivity contribution >= 4 is 17.2 Å². The fourth-order valence-corrected chi connectivity index (χ4v) is 3.32. The van der Waals surface area contributed by atoms with E-state index in [4.69, 9.17) is 9.73 Å². The maximum absolute atomic E-state index is 5.28. The second-order valence-corrected chi connectivity index (χ2v) is 7.77. The van der Waals surface area contributed by atoms with Gasteiger partial charge in [0.15, 0.2) is 0 Å². The molecular weight excluding hydrogens is 356 g/mol. The Hall–Kier alpha value is -3.07. The van der Waals surface area contributed by atoms with E-state index in [-0.39, 0.29) is 0 Å². The summed E-state index contributed by atoms with van der Waals surface area (Å²) in [7, 11) is 1.68. The van der Waals surface area contributed by atoms with Crippen molar-refractivity contribution in [3.63, 3.8) is 0 Å². The molecule has 0 atom stereocenters. The van der Waals surface area contributed by atoms with Gasteiger partial charge in [0.1, 0.15) is 11.6 Å². The third kappa shape index (κ3) is 5.05. The third-order valence-electron chi connectivity index (χ3n) is 4.97. The Morgan fingerprint density at radius 2 is 1.34 bits per heavy atom. The molecule has 3 nitrogen and oxygen atoms in total. The van der Waals surface area contributed by atoms with Crippen molar-refractivity contribution in [2.45, 2.75) is 39.5 Å². The number of methoxy groups -OCH3 is 1. The van der Waals surface area contributed by atoms with Gasteiger partial charge in [-0.3, -0.25) is 0 Å². The van der Waals surface area contributed by atoms with Crippen LogP contribution in [0.1, 0.15) is 56.2 Å². The van der Waals surface area contributed by atoms with Crippen LogP contribution in [0.5, 0.6) is 5.75 Å². The van der Waals surface area contributed by atoms with Gasteiger partial charge in [0.05, 0.1) is 12.8 Å². The molecule has 0 saturated carbocycles. The number of aliphatic imine (C=N–C) groups is 1. The van der Waals surface area contributed by atoms with Crippen LogP contribution in [0, 0.1) is 0 Å². The topological polar surface area (TPSA) is 33.6 Å². The van der Waals surface area contributed by atoms with E-state index in [9.17, 15) is 0 Å². The van der Waals surface area contributed by atoms with Gasteiger partial charge in [0.2, 0.25) is 0 Å². The summed E-state index contributed by atoms with van der Waals surface area (Å²) in [6.45, 7) is 8.88. The first-order valence-electron chi connectivity index (χ1n) is 10.2. The number of hydrogen-bond acceptors (Lipinski definition) is 2. The normalized spacial score (nSPS) is 11.8. The first-order valence-corrected chi connectivity index (χ1v) is 10.2. The average molecular weight is 387 g/mol. The summed E-state index contributed by atoms with van der Waals surface area (Å²) in [5.74, 6) is 2.46. The highest BCUT2D eigenvalue weighted by molar-refractivity contribution is 6.09. The highest BCUT2D eigenvalue weighted by Crippen LogP contribution is 2.35. The number of benzene rings is 3. The van der Waals surface area contributed by atoms with Gasteiger partial charge in [0.25, 0.3) is 0 Å². The summed E-state index contributed by atoms with van der Waals surface area (Å²) in [6, 6.07) is 24.7. The molecule has 0 aliphatic heterocycles. The largest absolute Gasteiger partial charge is 0.497 e. The number of hydrogen-bond donors (Lipinski definition) is 1. The molecule has 0 fully saturated rings. The van der Waals surface area contributed by atoms with E-state index in [1.165, 1.54) is 11.1 Å². The molecule has 0 radical (unpaired) electrons. The lowest BCUT2D eigenvalue weighted by Crippen LogP contribution is -2.14. The number of anilines is 1. The highest BCUT2D eigenvalue weighted by atomic mass is 16.5. The Bertz CT molecular complexity index is 932. The molecule has 0 aliphatic rings. The van der Waals surface area contributed by atoms with E-state index in [1.807, 2.05) is 42.5 Å². The minimum absolute atomic E-state index is 0.394. The van der Waals surface area contributed by atoms with Crippen LogP contribution < -0.4 is 10.1 Å². The number of rotatable bonds is 6. The van der Waals surface area contributed by atoms with E-state index in [1.54, 1.807) is 7.11 Å². The van der Waals surface area contributed by atoms with E-state index < -0.39 is 0 Å². The molecule has 0 spiro atoms. The molecule has 0 unspecified atom stereocenters. The molecule has 150 valence electrons. The Balaban J connectivity index is 2.13. The highest BCUT2D eigenvalue weighted by Gasteiger charge is 2.15. The predicted octanol–water partition coefficient (Wildman–Crippen LogP) is 7.13. The van der Waals surface area contributed by atoms with E-state index >= 15 is 0 Å². The quantitative estimate of drug-likeness (QED) is 0.361. The van der Waals surface area contributed by atoms with Crippen molar-refractivity contribution in [2.75, 3.05) is 12.4 Å². The fraction of sp³-hybridized carbons (Fsp3) is 0.269. The van der Waals surface area contributed by atoms with Crippen molar-refractivity contribution in [1.29, 1.82) is 0 Å². The minimum atomic E-state index is 0.394. The maximum Gasteiger partial charge on any atom is 0.138 e. The Kier molecular flexibility index (Phi) is 6.71. The van der Waals surface area contributed by atoms with Gasteiger partial charge >= 0.3 is 0 Å². The fourth-order valence-electron chi connectivity index (χ4n) is 3.32. The first kappa shape index (κ1) is 20.7. The summed E-state index contributed by atoms with van der Waals surface area (Å²) in [5, 5.41) is 3.52. The molecule has 0 heterocycles. The smallest absolute Gasteiger partial charge is 0.138 e. The van der Waals surface area contributed by atoms with Gasteiger partial charge in [-0.2, -0.15) is 0 Å². The lowest BCUT2D eigenvalue weighted by molar-refractivity contribution is 0.415. The summed E-state index contributed by atoms with van der Waals surface area (Å²) in [6.07, 6.45) is 0. The molecule has 0 bridgehead atoms. The number of para-hydroxylation sites is 1.